The second kappa shape index (κ2) is 7.65. The topological polar surface area (TPSA) is 66.5 Å². The minimum absolute atomic E-state index is 0.205. The van der Waals surface area contributed by atoms with Gasteiger partial charge in [0.15, 0.2) is 0 Å². The molecular weight excluding hydrogens is 452 g/mol. The lowest BCUT2D eigenvalue weighted by molar-refractivity contribution is -0.119. The van der Waals surface area contributed by atoms with Crippen LogP contribution in [0.25, 0.3) is 11.1 Å². The maximum absolute atomic E-state index is 13.2. The van der Waals surface area contributed by atoms with E-state index in [2.05, 4.69) is 21.2 Å². The van der Waals surface area contributed by atoms with Gasteiger partial charge in [-0.3, -0.25) is 9.10 Å². The van der Waals surface area contributed by atoms with Crippen LogP contribution in [0.5, 0.6) is 0 Å². The average molecular weight is 471 g/mol. The zero-order chi connectivity index (χ0) is 20.6. The van der Waals surface area contributed by atoms with Crippen LogP contribution in [0, 0.1) is 6.92 Å². The summed E-state index contributed by atoms with van der Waals surface area (Å²) < 4.78 is 28.5. The highest BCUT2D eigenvalue weighted by Gasteiger charge is 2.35. The van der Waals surface area contributed by atoms with E-state index in [1.807, 2.05) is 43.3 Å². The fourth-order valence-electron chi connectivity index (χ4n) is 3.37. The summed E-state index contributed by atoms with van der Waals surface area (Å²) in [4.78, 5) is 12.8. The second-order valence-electron chi connectivity index (χ2n) is 6.93. The van der Waals surface area contributed by atoms with Crippen molar-refractivity contribution < 1.29 is 13.2 Å². The van der Waals surface area contributed by atoms with E-state index >= 15 is 0 Å². The number of carbonyl (C=O) groups is 1. The fraction of sp³-hybridized carbons (Fsp3) is 0.136. The highest BCUT2D eigenvalue weighted by atomic mass is 79.9. The van der Waals surface area contributed by atoms with Crippen LogP contribution in [0.2, 0.25) is 0 Å². The van der Waals surface area contributed by atoms with Crippen LogP contribution in [0.15, 0.2) is 76.1 Å². The molecule has 0 aromatic heterocycles. The largest absolute Gasteiger partial charge is 0.350 e. The molecular formula is C22H19BrN2O3S. The van der Waals surface area contributed by atoms with E-state index in [0.29, 0.717) is 17.8 Å². The lowest BCUT2D eigenvalue weighted by Gasteiger charge is -2.31. The summed E-state index contributed by atoms with van der Waals surface area (Å²) in [5.41, 5.74) is 4.01. The van der Waals surface area contributed by atoms with Gasteiger partial charge in [-0.2, -0.15) is 0 Å². The number of carbonyl (C=O) groups excluding carboxylic acids is 1. The predicted molar refractivity (Wildman–Crippen MR) is 117 cm³/mol. The minimum Gasteiger partial charge on any atom is -0.350 e. The SMILES string of the molecule is Cc1ccc(CNC(=O)CN2c3ccc(Br)cc3-c3ccccc3S2(=O)=O)cc1. The molecule has 0 bridgehead atoms. The first-order valence-corrected chi connectivity index (χ1v) is 11.3. The third kappa shape index (κ3) is 3.80. The van der Waals surface area contributed by atoms with Gasteiger partial charge in [0, 0.05) is 22.1 Å². The van der Waals surface area contributed by atoms with Crippen molar-refractivity contribution in [3.05, 3.63) is 82.3 Å². The maximum atomic E-state index is 13.2. The van der Waals surface area contributed by atoms with Gasteiger partial charge in [0.05, 0.1) is 10.6 Å². The predicted octanol–water partition coefficient (Wildman–Crippen LogP) is 4.25. The van der Waals surface area contributed by atoms with E-state index < -0.39 is 10.0 Å². The summed E-state index contributed by atoms with van der Waals surface area (Å²) >= 11 is 3.45. The molecule has 1 N–H and O–H groups in total. The number of fused-ring (bicyclic) bond motifs is 3. The number of halogens is 1. The Kier molecular flexibility index (Phi) is 5.19. The number of amides is 1. The van der Waals surface area contributed by atoms with Crippen molar-refractivity contribution in [3.8, 4) is 11.1 Å². The van der Waals surface area contributed by atoms with Crippen molar-refractivity contribution in [2.24, 2.45) is 0 Å². The molecule has 1 amide bonds. The molecule has 0 radical (unpaired) electrons. The van der Waals surface area contributed by atoms with Crippen LogP contribution in [0.4, 0.5) is 5.69 Å². The second-order valence-corrected chi connectivity index (χ2v) is 9.68. The molecule has 3 aromatic carbocycles. The Hall–Kier alpha value is -2.64. The van der Waals surface area contributed by atoms with Crippen LogP contribution < -0.4 is 9.62 Å². The quantitative estimate of drug-likeness (QED) is 0.619. The molecule has 0 fully saturated rings. The highest BCUT2D eigenvalue weighted by Crippen LogP contribution is 2.43. The van der Waals surface area contributed by atoms with Crippen LogP contribution in [0.3, 0.4) is 0 Å². The van der Waals surface area contributed by atoms with Crippen LogP contribution in [-0.2, 0) is 21.4 Å². The zero-order valence-corrected chi connectivity index (χ0v) is 18.1. The maximum Gasteiger partial charge on any atom is 0.265 e. The third-order valence-electron chi connectivity index (χ3n) is 4.87. The standard InChI is InChI=1S/C22H19BrN2O3S/c1-15-6-8-16(9-7-15)13-24-22(26)14-25-20-11-10-17(23)12-19(20)18-4-2-3-5-21(18)29(25,27)28/h2-12H,13-14H2,1H3,(H,24,26). The molecule has 148 valence electrons. The van der Waals surface area contributed by atoms with Crippen molar-refractivity contribution in [2.75, 3.05) is 10.8 Å². The van der Waals surface area contributed by atoms with Gasteiger partial charge in [0.25, 0.3) is 10.0 Å². The number of hydrogen-bond acceptors (Lipinski definition) is 3. The van der Waals surface area contributed by atoms with E-state index in [0.717, 1.165) is 21.2 Å². The van der Waals surface area contributed by atoms with Gasteiger partial charge in [0.1, 0.15) is 6.54 Å². The number of benzene rings is 3. The first-order chi connectivity index (χ1) is 13.9. The summed E-state index contributed by atoms with van der Waals surface area (Å²) in [6.45, 7) is 2.06. The molecule has 1 aliphatic heterocycles. The molecule has 3 aromatic rings. The van der Waals surface area contributed by atoms with Crippen molar-refractivity contribution in [1.29, 1.82) is 0 Å². The van der Waals surface area contributed by atoms with E-state index in [-0.39, 0.29) is 17.3 Å². The number of nitrogens with one attached hydrogen (secondary N) is 1. The Balaban J connectivity index is 1.63. The number of anilines is 1. The molecule has 0 spiro atoms. The molecule has 0 saturated heterocycles. The molecule has 5 nitrogen and oxygen atoms in total. The number of rotatable bonds is 4. The molecule has 0 saturated carbocycles. The minimum atomic E-state index is -3.84. The number of aryl methyl sites for hydroxylation is 1. The number of sulfonamides is 1. The van der Waals surface area contributed by atoms with Crippen molar-refractivity contribution in [3.63, 3.8) is 0 Å². The van der Waals surface area contributed by atoms with Crippen molar-refractivity contribution in [2.45, 2.75) is 18.4 Å². The summed E-state index contributed by atoms with van der Waals surface area (Å²) in [6, 6.07) is 20.1. The van der Waals surface area contributed by atoms with E-state index in [9.17, 15) is 13.2 Å². The average Bonchev–Trinajstić information content (AvgIpc) is 2.71. The first kappa shape index (κ1) is 19.7. The van der Waals surface area contributed by atoms with Gasteiger partial charge in [-0.15, -0.1) is 0 Å². The lowest BCUT2D eigenvalue weighted by atomic mass is 10.0. The van der Waals surface area contributed by atoms with Crippen LogP contribution >= 0.6 is 15.9 Å². The smallest absolute Gasteiger partial charge is 0.265 e. The Morgan fingerprint density at radius 1 is 1.00 bits per heavy atom. The monoisotopic (exact) mass is 470 g/mol. The Bertz CT molecular complexity index is 1190. The van der Waals surface area contributed by atoms with Gasteiger partial charge in [-0.25, -0.2) is 8.42 Å². The number of hydrogen-bond donors (Lipinski definition) is 1. The van der Waals surface area contributed by atoms with Gasteiger partial charge in [-0.05, 0) is 36.8 Å². The Labute approximate surface area is 178 Å². The summed E-state index contributed by atoms with van der Waals surface area (Å²) in [6.07, 6.45) is 0. The lowest BCUT2D eigenvalue weighted by Crippen LogP contribution is -2.42. The fourth-order valence-corrected chi connectivity index (χ4v) is 5.38. The van der Waals surface area contributed by atoms with Crippen molar-refractivity contribution >= 4 is 37.5 Å². The molecule has 1 aliphatic rings. The molecule has 7 heteroatoms. The first-order valence-electron chi connectivity index (χ1n) is 9.10. The molecule has 0 atom stereocenters. The van der Waals surface area contributed by atoms with Crippen LogP contribution in [-0.4, -0.2) is 20.9 Å². The molecule has 29 heavy (non-hydrogen) atoms. The Morgan fingerprint density at radius 3 is 2.48 bits per heavy atom. The molecule has 0 aliphatic carbocycles. The normalized spacial score (nSPS) is 14.1. The molecule has 1 heterocycles. The Morgan fingerprint density at radius 2 is 1.72 bits per heavy atom. The van der Waals surface area contributed by atoms with Gasteiger partial charge in [-0.1, -0.05) is 64.0 Å². The van der Waals surface area contributed by atoms with E-state index in [1.165, 1.54) is 4.31 Å². The molecule has 0 unspecified atom stereocenters. The summed E-state index contributed by atoms with van der Waals surface area (Å²) in [5, 5.41) is 2.82. The number of nitrogens with zero attached hydrogens (tertiary/aromatic N) is 1. The van der Waals surface area contributed by atoms with Gasteiger partial charge in [0.2, 0.25) is 5.91 Å². The van der Waals surface area contributed by atoms with Crippen molar-refractivity contribution in [1.82, 2.24) is 5.32 Å². The van der Waals surface area contributed by atoms with Gasteiger partial charge < -0.3 is 5.32 Å². The summed E-state index contributed by atoms with van der Waals surface area (Å²) in [7, 11) is -3.84. The third-order valence-corrected chi connectivity index (χ3v) is 7.18. The van der Waals surface area contributed by atoms with Gasteiger partial charge >= 0.3 is 0 Å². The summed E-state index contributed by atoms with van der Waals surface area (Å²) in [5.74, 6) is -0.359. The zero-order valence-electron chi connectivity index (χ0n) is 15.7. The van der Waals surface area contributed by atoms with E-state index in [1.54, 1.807) is 30.3 Å². The van der Waals surface area contributed by atoms with E-state index in [4.69, 9.17) is 0 Å². The highest BCUT2D eigenvalue weighted by molar-refractivity contribution is 9.10. The molecule has 4 rings (SSSR count). The van der Waals surface area contributed by atoms with Crippen LogP contribution in [0.1, 0.15) is 11.1 Å².